The average Bonchev–Trinajstić information content (AvgIpc) is 2.81. The van der Waals surface area contributed by atoms with Crippen molar-refractivity contribution in [2.45, 2.75) is 98.7 Å². The highest BCUT2D eigenvalue weighted by molar-refractivity contribution is 5.82. The first-order valence-corrected chi connectivity index (χ1v) is 11.2. The van der Waals surface area contributed by atoms with E-state index in [2.05, 4.69) is 0 Å². The monoisotopic (exact) mass is 436 g/mol. The molecule has 1 fully saturated rings. The molecule has 0 bridgehead atoms. The van der Waals surface area contributed by atoms with E-state index in [1.165, 1.54) is 19.4 Å². The van der Waals surface area contributed by atoms with Crippen LogP contribution >= 0.6 is 0 Å². The summed E-state index contributed by atoms with van der Waals surface area (Å²) in [7, 11) is 0. The van der Waals surface area contributed by atoms with Crippen LogP contribution in [0.4, 0.5) is 0 Å². The van der Waals surface area contributed by atoms with Gasteiger partial charge in [0.25, 0.3) is 0 Å². The molecule has 176 valence electrons. The van der Waals surface area contributed by atoms with E-state index in [-0.39, 0.29) is 36.4 Å². The molecule has 1 aliphatic heterocycles. The third-order valence-corrected chi connectivity index (χ3v) is 6.12. The molecule has 0 aromatic rings. The van der Waals surface area contributed by atoms with Crippen molar-refractivity contribution >= 4 is 17.7 Å². The number of esters is 2. The standard InChI is InChI=1S/C25H40O6/c1-17(2)19(4)15-23(28)18(3)9-8-13-25(7)24(31-21(6)27)11-10-22(16-30-25)12-14-29-20(5)26/h12,18,24H,8-11,13-16H2,1-7H3/b22-12+/t18?,24-,25?/m1/s1. The number of carbonyl (C=O) groups is 3. The lowest BCUT2D eigenvalue weighted by atomic mass is 9.86. The van der Waals surface area contributed by atoms with Gasteiger partial charge in [-0.05, 0) is 71.4 Å². The van der Waals surface area contributed by atoms with Crippen LogP contribution in [0.5, 0.6) is 0 Å². The van der Waals surface area contributed by atoms with Gasteiger partial charge in [-0.2, -0.15) is 0 Å². The fourth-order valence-electron chi connectivity index (χ4n) is 3.63. The van der Waals surface area contributed by atoms with E-state index >= 15 is 0 Å². The Bertz CT molecular complexity index is 701. The van der Waals surface area contributed by atoms with Crippen LogP contribution in [0, 0.1) is 5.92 Å². The molecule has 1 heterocycles. The molecule has 6 nitrogen and oxygen atoms in total. The molecule has 0 amide bonds. The number of allylic oxidation sites excluding steroid dienone is 2. The fourth-order valence-corrected chi connectivity index (χ4v) is 3.63. The molecule has 1 rings (SSSR count). The first-order chi connectivity index (χ1) is 14.4. The fraction of sp³-hybridized carbons (Fsp3) is 0.720. The largest absolute Gasteiger partial charge is 0.462 e. The second-order valence-electron chi connectivity index (χ2n) is 9.12. The van der Waals surface area contributed by atoms with Gasteiger partial charge in [0.1, 0.15) is 24.1 Å². The number of hydrogen-bond donors (Lipinski definition) is 0. The Kier molecular flexibility index (Phi) is 11.2. The molecule has 0 radical (unpaired) electrons. The lowest BCUT2D eigenvalue weighted by molar-refractivity contribution is -0.167. The maximum atomic E-state index is 12.5. The van der Waals surface area contributed by atoms with E-state index < -0.39 is 5.60 Å². The van der Waals surface area contributed by atoms with Gasteiger partial charge < -0.3 is 14.2 Å². The van der Waals surface area contributed by atoms with Gasteiger partial charge in [-0.15, -0.1) is 0 Å². The van der Waals surface area contributed by atoms with Gasteiger partial charge in [-0.3, -0.25) is 14.4 Å². The van der Waals surface area contributed by atoms with Crippen molar-refractivity contribution in [3.8, 4) is 0 Å². The van der Waals surface area contributed by atoms with Crippen molar-refractivity contribution in [1.82, 2.24) is 0 Å². The predicted octanol–water partition coefficient (Wildman–Crippen LogP) is 5.10. The molecule has 0 N–H and O–H groups in total. The highest BCUT2D eigenvalue weighted by atomic mass is 16.6. The van der Waals surface area contributed by atoms with E-state index in [0.29, 0.717) is 32.3 Å². The van der Waals surface area contributed by atoms with E-state index in [1.807, 2.05) is 40.7 Å². The van der Waals surface area contributed by atoms with Gasteiger partial charge in [-0.1, -0.05) is 18.1 Å². The van der Waals surface area contributed by atoms with Gasteiger partial charge in [0.2, 0.25) is 0 Å². The molecule has 1 saturated heterocycles. The number of hydrogen-bond acceptors (Lipinski definition) is 6. The van der Waals surface area contributed by atoms with E-state index in [4.69, 9.17) is 14.2 Å². The Labute approximate surface area is 187 Å². The van der Waals surface area contributed by atoms with Gasteiger partial charge in [0, 0.05) is 26.2 Å². The highest BCUT2D eigenvalue weighted by Crippen LogP contribution is 2.34. The minimum atomic E-state index is -0.624. The summed E-state index contributed by atoms with van der Waals surface area (Å²) in [6, 6.07) is 0. The zero-order valence-electron chi connectivity index (χ0n) is 20.3. The van der Waals surface area contributed by atoms with Gasteiger partial charge in [0.15, 0.2) is 0 Å². The number of ether oxygens (including phenoxy) is 3. The SMILES string of the molecule is CC(=O)OC/C=C1\CC[C@@H](OC(C)=O)C(C)(CCCC(C)C(=O)CC(C)=C(C)C)OC1. The number of Topliss-reactive ketones (excluding diaryl/α,β-unsaturated/α-hetero) is 1. The molecule has 3 atom stereocenters. The Morgan fingerprint density at radius 2 is 1.84 bits per heavy atom. The predicted molar refractivity (Wildman–Crippen MR) is 121 cm³/mol. The molecular weight excluding hydrogens is 396 g/mol. The average molecular weight is 437 g/mol. The minimum absolute atomic E-state index is 0.0185. The minimum Gasteiger partial charge on any atom is -0.462 e. The van der Waals surface area contributed by atoms with Crippen LogP contribution in [0.15, 0.2) is 22.8 Å². The molecular formula is C25H40O6. The van der Waals surface area contributed by atoms with Gasteiger partial charge in [-0.25, -0.2) is 0 Å². The molecule has 6 heteroatoms. The van der Waals surface area contributed by atoms with Gasteiger partial charge >= 0.3 is 11.9 Å². The van der Waals surface area contributed by atoms with Crippen LogP contribution in [0.25, 0.3) is 0 Å². The first kappa shape index (κ1) is 27.1. The Morgan fingerprint density at radius 3 is 2.42 bits per heavy atom. The summed E-state index contributed by atoms with van der Waals surface area (Å²) < 4.78 is 16.8. The summed E-state index contributed by atoms with van der Waals surface area (Å²) >= 11 is 0. The van der Waals surface area contributed by atoms with Crippen LogP contribution < -0.4 is 0 Å². The molecule has 0 aromatic heterocycles. The molecule has 0 aliphatic carbocycles. The number of ketones is 1. The normalized spacial score (nSPS) is 23.6. The summed E-state index contributed by atoms with van der Waals surface area (Å²) in [5, 5.41) is 0. The van der Waals surface area contributed by atoms with Crippen molar-refractivity contribution in [2.24, 2.45) is 5.92 Å². The third kappa shape index (κ3) is 9.81. The molecule has 0 saturated carbocycles. The summed E-state index contributed by atoms with van der Waals surface area (Å²) in [4.78, 5) is 35.1. The van der Waals surface area contributed by atoms with E-state index in [1.54, 1.807) is 0 Å². The third-order valence-electron chi connectivity index (χ3n) is 6.12. The van der Waals surface area contributed by atoms with Crippen LogP contribution in [-0.4, -0.2) is 42.6 Å². The number of rotatable bonds is 10. The lowest BCUT2D eigenvalue weighted by Gasteiger charge is -2.35. The Balaban J connectivity index is 2.74. The van der Waals surface area contributed by atoms with Crippen molar-refractivity contribution in [3.63, 3.8) is 0 Å². The van der Waals surface area contributed by atoms with Crippen molar-refractivity contribution in [2.75, 3.05) is 13.2 Å². The first-order valence-electron chi connectivity index (χ1n) is 11.2. The molecule has 1 aliphatic rings. The maximum absolute atomic E-state index is 12.5. The second-order valence-corrected chi connectivity index (χ2v) is 9.12. The summed E-state index contributed by atoms with van der Waals surface area (Å²) in [5.41, 5.74) is 2.74. The molecule has 31 heavy (non-hydrogen) atoms. The Hall–Kier alpha value is -1.95. The zero-order chi connectivity index (χ0) is 23.6. The molecule has 0 spiro atoms. The van der Waals surface area contributed by atoms with E-state index in [0.717, 1.165) is 24.0 Å². The Morgan fingerprint density at radius 1 is 1.16 bits per heavy atom. The smallest absolute Gasteiger partial charge is 0.303 e. The summed E-state index contributed by atoms with van der Waals surface area (Å²) in [6.07, 6.45) is 5.65. The molecule has 2 unspecified atom stereocenters. The van der Waals surface area contributed by atoms with Crippen molar-refractivity contribution in [1.29, 1.82) is 0 Å². The topological polar surface area (TPSA) is 78.9 Å². The van der Waals surface area contributed by atoms with Gasteiger partial charge in [0.05, 0.1) is 6.61 Å². The summed E-state index contributed by atoms with van der Waals surface area (Å²) in [6.45, 7) is 13.4. The number of carbonyl (C=O) groups excluding carboxylic acids is 3. The van der Waals surface area contributed by atoms with Crippen molar-refractivity contribution < 1.29 is 28.6 Å². The van der Waals surface area contributed by atoms with E-state index in [9.17, 15) is 14.4 Å². The highest BCUT2D eigenvalue weighted by Gasteiger charge is 2.39. The van der Waals surface area contributed by atoms with Crippen LogP contribution in [0.2, 0.25) is 0 Å². The van der Waals surface area contributed by atoms with Crippen molar-refractivity contribution in [3.05, 3.63) is 22.8 Å². The maximum Gasteiger partial charge on any atom is 0.303 e. The van der Waals surface area contributed by atoms with Crippen LogP contribution in [-0.2, 0) is 28.6 Å². The summed E-state index contributed by atoms with van der Waals surface area (Å²) in [5.74, 6) is -0.404. The van der Waals surface area contributed by atoms with Crippen LogP contribution in [0.1, 0.15) is 87.0 Å². The lowest BCUT2D eigenvalue weighted by Crippen LogP contribution is -2.43. The zero-order valence-corrected chi connectivity index (χ0v) is 20.3. The molecule has 0 aromatic carbocycles. The van der Waals surface area contributed by atoms with Crippen LogP contribution in [0.3, 0.4) is 0 Å². The second kappa shape index (κ2) is 12.8. The quantitative estimate of drug-likeness (QED) is 0.350.